The Bertz CT molecular complexity index is 1270. The van der Waals surface area contributed by atoms with Crippen molar-refractivity contribution in [2.45, 2.75) is 6.42 Å². The number of fused-ring (bicyclic) bond motifs is 1. The van der Waals surface area contributed by atoms with Crippen LogP contribution in [0, 0.1) is 0 Å². The summed E-state index contributed by atoms with van der Waals surface area (Å²) in [7, 11) is 1.63. The first-order chi connectivity index (χ1) is 17.2. The summed E-state index contributed by atoms with van der Waals surface area (Å²) in [5.74, 6) is 2.28. The third-order valence-corrected chi connectivity index (χ3v) is 6.24. The minimum atomic E-state index is 0.415. The van der Waals surface area contributed by atoms with E-state index in [1.807, 2.05) is 42.5 Å². The van der Waals surface area contributed by atoms with Crippen molar-refractivity contribution >= 4 is 16.7 Å². The van der Waals surface area contributed by atoms with Gasteiger partial charge in [0.05, 0.1) is 32.4 Å². The number of rotatable bonds is 8. The van der Waals surface area contributed by atoms with Gasteiger partial charge in [0, 0.05) is 36.7 Å². The Morgan fingerprint density at radius 3 is 2.34 bits per heavy atom. The predicted octanol–water partition coefficient (Wildman–Crippen LogP) is 4.66. The summed E-state index contributed by atoms with van der Waals surface area (Å²) in [6.45, 7) is 5.13. The number of nitrogens with two attached hydrogens (primary N) is 1. The highest BCUT2D eigenvalue weighted by molar-refractivity contribution is 5.92. The molecule has 1 aromatic heterocycles. The first kappa shape index (κ1) is 23.1. The van der Waals surface area contributed by atoms with Crippen LogP contribution in [0.15, 0.2) is 66.7 Å². The van der Waals surface area contributed by atoms with Crippen molar-refractivity contribution in [3.63, 3.8) is 0 Å². The highest BCUT2D eigenvalue weighted by atomic mass is 16.5. The lowest BCUT2D eigenvalue weighted by Gasteiger charge is -2.26. The van der Waals surface area contributed by atoms with Crippen molar-refractivity contribution in [2.24, 2.45) is 0 Å². The van der Waals surface area contributed by atoms with Gasteiger partial charge in [0.15, 0.2) is 17.3 Å². The first-order valence-corrected chi connectivity index (χ1v) is 12.0. The SMILES string of the molecule is COc1cc2nc(-c3ccc(-c4ccccc4)cc3)nc(N)c2cc1OCCCN1CCOCC1. The predicted molar refractivity (Wildman–Crippen MR) is 139 cm³/mol. The molecule has 35 heavy (non-hydrogen) atoms. The molecule has 180 valence electrons. The van der Waals surface area contributed by atoms with E-state index in [0.29, 0.717) is 29.7 Å². The summed E-state index contributed by atoms with van der Waals surface area (Å²) in [6.07, 6.45) is 0.922. The molecule has 5 rings (SSSR count). The van der Waals surface area contributed by atoms with Crippen molar-refractivity contribution in [3.05, 3.63) is 66.7 Å². The maximum atomic E-state index is 6.36. The van der Waals surface area contributed by atoms with Gasteiger partial charge in [-0.3, -0.25) is 4.90 Å². The molecule has 2 heterocycles. The molecule has 1 saturated heterocycles. The zero-order valence-corrected chi connectivity index (χ0v) is 19.9. The summed E-state index contributed by atoms with van der Waals surface area (Å²) in [6, 6.07) is 22.2. The number of hydrogen-bond donors (Lipinski definition) is 1. The van der Waals surface area contributed by atoms with Gasteiger partial charge in [-0.15, -0.1) is 0 Å². The molecule has 4 aromatic rings. The van der Waals surface area contributed by atoms with E-state index in [0.717, 1.165) is 61.3 Å². The van der Waals surface area contributed by atoms with Crippen LogP contribution in [0.2, 0.25) is 0 Å². The Morgan fingerprint density at radius 2 is 1.60 bits per heavy atom. The number of benzene rings is 3. The monoisotopic (exact) mass is 470 g/mol. The smallest absolute Gasteiger partial charge is 0.162 e. The van der Waals surface area contributed by atoms with E-state index in [-0.39, 0.29) is 0 Å². The van der Waals surface area contributed by atoms with Gasteiger partial charge in [0.2, 0.25) is 0 Å². The minimum Gasteiger partial charge on any atom is -0.493 e. The number of nitrogen functional groups attached to an aromatic ring is 1. The Labute approximate surface area is 205 Å². The van der Waals surface area contributed by atoms with E-state index in [2.05, 4.69) is 34.1 Å². The summed E-state index contributed by atoms with van der Waals surface area (Å²) in [4.78, 5) is 11.7. The highest BCUT2D eigenvalue weighted by Crippen LogP contribution is 2.35. The van der Waals surface area contributed by atoms with Crippen LogP contribution >= 0.6 is 0 Å². The summed E-state index contributed by atoms with van der Waals surface area (Å²) in [5.41, 5.74) is 10.3. The third kappa shape index (κ3) is 5.37. The molecule has 0 atom stereocenters. The van der Waals surface area contributed by atoms with Gasteiger partial charge in [0.25, 0.3) is 0 Å². The van der Waals surface area contributed by atoms with Crippen LogP contribution in [0.1, 0.15) is 6.42 Å². The molecule has 0 unspecified atom stereocenters. The number of methoxy groups -OCH3 is 1. The molecule has 0 saturated carbocycles. The molecule has 1 aliphatic heterocycles. The molecule has 2 N–H and O–H groups in total. The molecule has 0 radical (unpaired) electrons. The van der Waals surface area contributed by atoms with Gasteiger partial charge in [-0.05, 0) is 23.6 Å². The number of ether oxygens (including phenoxy) is 3. The van der Waals surface area contributed by atoms with Gasteiger partial charge in [-0.25, -0.2) is 9.97 Å². The average molecular weight is 471 g/mol. The Balaban J connectivity index is 1.33. The van der Waals surface area contributed by atoms with Gasteiger partial charge in [-0.1, -0.05) is 54.6 Å². The normalized spacial score (nSPS) is 14.2. The van der Waals surface area contributed by atoms with E-state index in [4.69, 9.17) is 24.9 Å². The standard InChI is InChI=1S/C28H30N4O3/c1-33-25-19-24-23(18-26(25)35-15-5-12-32-13-16-34-17-14-32)27(29)31-28(30-24)22-10-8-21(9-11-22)20-6-3-2-4-7-20/h2-4,6-11,18-19H,5,12-17H2,1H3,(H2,29,30,31). The molecule has 7 heteroatoms. The zero-order valence-electron chi connectivity index (χ0n) is 19.9. The van der Waals surface area contributed by atoms with E-state index in [1.54, 1.807) is 7.11 Å². The van der Waals surface area contributed by atoms with Crippen LogP contribution < -0.4 is 15.2 Å². The number of anilines is 1. The average Bonchev–Trinajstić information content (AvgIpc) is 2.92. The van der Waals surface area contributed by atoms with Crippen LogP contribution in [0.5, 0.6) is 11.5 Å². The van der Waals surface area contributed by atoms with Gasteiger partial charge >= 0.3 is 0 Å². The number of aromatic nitrogens is 2. The number of morpholine rings is 1. The molecule has 0 spiro atoms. The second kappa shape index (κ2) is 10.7. The van der Waals surface area contributed by atoms with E-state index in [9.17, 15) is 0 Å². The fraction of sp³-hybridized carbons (Fsp3) is 0.286. The molecule has 3 aromatic carbocycles. The molecular weight excluding hydrogens is 440 g/mol. The zero-order chi connectivity index (χ0) is 24.0. The minimum absolute atomic E-state index is 0.415. The summed E-state index contributed by atoms with van der Waals surface area (Å²) >= 11 is 0. The number of nitrogens with zero attached hydrogens (tertiary/aromatic N) is 3. The van der Waals surface area contributed by atoms with E-state index < -0.39 is 0 Å². The Hall–Kier alpha value is -3.68. The molecular formula is C28H30N4O3. The van der Waals surface area contributed by atoms with E-state index >= 15 is 0 Å². The fourth-order valence-corrected chi connectivity index (χ4v) is 4.30. The molecule has 7 nitrogen and oxygen atoms in total. The molecule has 1 aliphatic rings. The summed E-state index contributed by atoms with van der Waals surface area (Å²) < 4.78 is 17.1. The van der Waals surface area contributed by atoms with Crippen LogP contribution in [0.25, 0.3) is 33.4 Å². The summed E-state index contributed by atoms with van der Waals surface area (Å²) in [5, 5.41) is 0.749. The van der Waals surface area contributed by atoms with Gasteiger partial charge in [-0.2, -0.15) is 0 Å². The van der Waals surface area contributed by atoms with Crippen molar-refractivity contribution in [3.8, 4) is 34.0 Å². The van der Waals surface area contributed by atoms with Crippen molar-refractivity contribution in [1.29, 1.82) is 0 Å². The van der Waals surface area contributed by atoms with Crippen molar-refractivity contribution in [1.82, 2.24) is 14.9 Å². The van der Waals surface area contributed by atoms with Crippen molar-refractivity contribution < 1.29 is 14.2 Å². The van der Waals surface area contributed by atoms with Gasteiger partial charge < -0.3 is 19.9 Å². The second-order valence-corrected chi connectivity index (χ2v) is 8.55. The van der Waals surface area contributed by atoms with Crippen molar-refractivity contribution in [2.75, 3.05) is 52.3 Å². The lowest BCUT2D eigenvalue weighted by molar-refractivity contribution is 0.0357. The molecule has 1 fully saturated rings. The fourth-order valence-electron chi connectivity index (χ4n) is 4.30. The van der Waals surface area contributed by atoms with Crippen LogP contribution in [0.3, 0.4) is 0 Å². The van der Waals surface area contributed by atoms with Gasteiger partial charge in [0.1, 0.15) is 5.82 Å². The molecule has 0 amide bonds. The van der Waals surface area contributed by atoms with E-state index in [1.165, 1.54) is 5.56 Å². The second-order valence-electron chi connectivity index (χ2n) is 8.55. The first-order valence-electron chi connectivity index (χ1n) is 12.0. The van der Waals surface area contributed by atoms with Crippen LogP contribution in [0.4, 0.5) is 5.82 Å². The quantitative estimate of drug-likeness (QED) is 0.375. The maximum absolute atomic E-state index is 6.36. The Kier molecular flexibility index (Phi) is 7.07. The lowest BCUT2D eigenvalue weighted by atomic mass is 10.0. The number of hydrogen-bond acceptors (Lipinski definition) is 7. The maximum Gasteiger partial charge on any atom is 0.162 e. The highest BCUT2D eigenvalue weighted by Gasteiger charge is 2.14. The topological polar surface area (TPSA) is 82.7 Å². The van der Waals surface area contributed by atoms with Crippen LogP contribution in [-0.4, -0.2) is 61.4 Å². The van der Waals surface area contributed by atoms with Crippen LogP contribution in [-0.2, 0) is 4.74 Å². The largest absolute Gasteiger partial charge is 0.493 e. The third-order valence-electron chi connectivity index (χ3n) is 6.24. The lowest BCUT2D eigenvalue weighted by Crippen LogP contribution is -2.37. The molecule has 0 bridgehead atoms. The molecule has 0 aliphatic carbocycles. The Morgan fingerprint density at radius 1 is 0.886 bits per heavy atom.